The summed E-state index contributed by atoms with van der Waals surface area (Å²) < 4.78 is 6.09. The fourth-order valence-electron chi connectivity index (χ4n) is 6.11. The van der Waals surface area contributed by atoms with Crippen LogP contribution in [0.2, 0.25) is 0 Å². The first-order valence-corrected chi connectivity index (χ1v) is 13.6. The number of hydrogen-bond acceptors (Lipinski definition) is 10. The molecule has 4 N–H and O–H groups in total. The van der Waals surface area contributed by atoms with Crippen molar-refractivity contribution in [3.8, 4) is 22.9 Å². The van der Waals surface area contributed by atoms with Gasteiger partial charge in [0.25, 0.3) is 0 Å². The summed E-state index contributed by atoms with van der Waals surface area (Å²) in [6, 6.07) is 14.5. The minimum Gasteiger partial charge on any atom is -0.507 e. The Morgan fingerprint density at radius 1 is 1.11 bits per heavy atom. The number of nitrogen functional groups attached to an aromatic ring is 1. The van der Waals surface area contributed by atoms with Crippen LogP contribution in [0.1, 0.15) is 19.8 Å². The summed E-state index contributed by atoms with van der Waals surface area (Å²) >= 11 is 0. The first-order chi connectivity index (χ1) is 18.6. The van der Waals surface area contributed by atoms with Gasteiger partial charge in [0.2, 0.25) is 5.88 Å². The van der Waals surface area contributed by atoms with Crippen LogP contribution in [-0.4, -0.2) is 89.2 Å². The zero-order valence-corrected chi connectivity index (χ0v) is 21.8. The van der Waals surface area contributed by atoms with Crippen molar-refractivity contribution in [2.75, 3.05) is 61.4 Å². The summed E-state index contributed by atoms with van der Waals surface area (Å²) in [6.07, 6.45) is 4.09. The lowest BCUT2D eigenvalue weighted by atomic mass is 10.1. The second-order valence-electron chi connectivity index (χ2n) is 10.5. The number of hydrogen-bond donors (Lipinski definition) is 3. The first-order valence-electron chi connectivity index (χ1n) is 13.6. The predicted molar refractivity (Wildman–Crippen MR) is 149 cm³/mol. The third kappa shape index (κ3) is 4.93. The third-order valence-electron chi connectivity index (χ3n) is 8.09. The molecule has 3 aromatic rings. The normalized spacial score (nSPS) is 23.6. The van der Waals surface area contributed by atoms with E-state index >= 15 is 0 Å². The summed E-state index contributed by atoms with van der Waals surface area (Å²) in [6.45, 7) is 8.58. The summed E-state index contributed by atoms with van der Waals surface area (Å²) in [7, 11) is 0. The number of aromatic hydroxyl groups is 1. The molecule has 0 aliphatic carbocycles. The Labute approximate surface area is 223 Å². The zero-order valence-electron chi connectivity index (χ0n) is 21.8. The van der Waals surface area contributed by atoms with Crippen LogP contribution < -0.4 is 25.6 Å². The van der Waals surface area contributed by atoms with Crippen LogP contribution in [0.4, 0.5) is 17.2 Å². The molecule has 6 rings (SSSR count). The van der Waals surface area contributed by atoms with Crippen LogP contribution >= 0.6 is 0 Å². The lowest BCUT2D eigenvalue weighted by molar-refractivity contribution is 0.142. The highest BCUT2D eigenvalue weighted by Crippen LogP contribution is 2.39. The predicted octanol–water partition coefficient (Wildman–Crippen LogP) is 2.36. The third-order valence-corrected chi connectivity index (χ3v) is 8.09. The lowest BCUT2D eigenvalue weighted by Crippen LogP contribution is -2.54. The highest BCUT2D eigenvalue weighted by atomic mass is 16.5. The van der Waals surface area contributed by atoms with Crippen LogP contribution in [0.15, 0.2) is 48.7 Å². The molecule has 1 aromatic carbocycles. The maximum atomic E-state index is 10.3. The molecule has 5 heterocycles. The minimum atomic E-state index is 0.181. The molecule has 0 radical (unpaired) electrons. The monoisotopic (exact) mass is 516 g/mol. The van der Waals surface area contributed by atoms with E-state index in [-0.39, 0.29) is 5.75 Å². The second-order valence-corrected chi connectivity index (χ2v) is 10.5. The summed E-state index contributed by atoms with van der Waals surface area (Å²) in [5.74, 6) is 1.28. The molecule has 3 atom stereocenters. The number of pyridine rings is 1. The molecule has 10 nitrogen and oxygen atoms in total. The molecule has 200 valence electrons. The summed E-state index contributed by atoms with van der Waals surface area (Å²) in [4.78, 5) is 11.8. The van der Waals surface area contributed by atoms with Gasteiger partial charge >= 0.3 is 0 Å². The zero-order chi connectivity index (χ0) is 26.1. The Hall–Kier alpha value is -3.63. The smallest absolute Gasteiger partial charge is 0.215 e. The molecule has 0 amide bonds. The molecular formula is C28H36N8O2. The Morgan fingerprint density at radius 2 is 1.92 bits per heavy atom. The minimum absolute atomic E-state index is 0.181. The van der Waals surface area contributed by atoms with Gasteiger partial charge in [-0.2, -0.15) is 0 Å². The Kier molecular flexibility index (Phi) is 6.90. The van der Waals surface area contributed by atoms with Gasteiger partial charge in [-0.05, 0) is 44.0 Å². The topological polar surface area (TPSA) is 116 Å². The van der Waals surface area contributed by atoms with E-state index in [2.05, 4.69) is 54.3 Å². The fraction of sp³-hybridized carbons (Fsp3) is 0.464. The molecule has 2 aromatic heterocycles. The number of benzene rings is 1. The highest BCUT2D eigenvalue weighted by molar-refractivity contribution is 5.74. The number of fused-ring (bicyclic) bond motifs is 2. The number of nitrogens with zero attached hydrogens (tertiary/aromatic N) is 6. The average Bonchev–Trinajstić information content (AvgIpc) is 3.20. The highest BCUT2D eigenvalue weighted by Gasteiger charge is 2.41. The van der Waals surface area contributed by atoms with Crippen molar-refractivity contribution >= 4 is 17.2 Å². The van der Waals surface area contributed by atoms with Gasteiger partial charge in [-0.25, -0.2) is 4.98 Å². The number of anilines is 3. The lowest BCUT2D eigenvalue weighted by Gasteiger charge is -2.43. The molecule has 10 heteroatoms. The van der Waals surface area contributed by atoms with E-state index in [9.17, 15) is 5.11 Å². The molecule has 0 spiro atoms. The number of ether oxygens (including phenoxy) is 1. The molecular weight excluding hydrogens is 480 g/mol. The SMILES string of the molecule is C[C@@H]1CNCCN1CCOc1cc(N2C3CCC2CN(c2cc(-c4ccccc4O)nnc2N)C3)ccn1. The van der Waals surface area contributed by atoms with E-state index in [0.29, 0.717) is 47.7 Å². The van der Waals surface area contributed by atoms with Gasteiger partial charge in [0, 0.05) is 80.9 Å². The van der Waals surface area contributed by atoms with Gasteiger partial charge in [-0.1, -0.05) is 12.1 Å². The van der Waals surface area contributed by atoms with Crippen molar-refractivity contribution in [3.63, 3.8) is 0 Å². The molecule has 2 bridgehead atoms. The van der Waals surface area contributed by atoms with Crippen molar-refractivity contribution < 1.29 is 9.84 Å². The van der Waals surface area contributed by atoms with Gasteiger partial charge in [-0.15, -0.1) is 10.2 Å². The van der Waals surface area contributed by atoms with E-state index in [1.807, 2.05) is 24.4 Å². The Morgan fingerprint density at radius 3 is 2.71 bits per heavy atom. The maximum Gasteiger partial charge on any atom is 0.215 e. The molecule has 2 unspecified atom stereocenters. The molecule has 0 saturated carbocycles. The molecule has 3 aliphatic rings. The summed E-state index contributed by atoms with van der Waals surface area (Å²) in [5, 5.41) is 22.2. The largest absolute Gasteiger partial charge is 0.507 e. The van der Waals surface area contributed by atoms with Crippen LogP contribution in [0, 0.1) is 0 Å². The van der Waals surface area contributed by atoms with Crippen LogP contribution in [-0.2, 0) is 0 Å². The number of para-hydroxylation sites is 1. The van der Waals surface area contributed by atoms with Crippen molar-refractivity contribution in [2.24, 2.45) is 0 Å². The van der Waals surface area contributed by atoms with Gasteiger partial charge < -0.3 is 30.7 Å². The number of rotatable bonds is 7. The van der Waals surface area contributed by atoms with Gasteiger partial charge in [0.15, 0.2) is 5.82 Å². The number of aromatic nitrogens is 3. The number of piperazine rings is 2. The van der Waals surface area contributed by atoms with Gasteiger partial charge in [-0.3, -0.25) is 4.90 Å². The number of nitrogens with one attached hydrogen (secondary N) is 1. The van der Waals surface area contributed by atoms with Gasteiger partial charge in [0.1, 0.15) is 12.4 Å². The first kappa shape index (κ1) is 24.7. The fourth-order valence-corrected chi connectivity index (χ4v) is 6.11. The number of phenolic OH excluding ortho intramolecular Hbond substituents is 1. The van der Waals surface area contributed by atoms with Gasteiger partial charge in [0.05, 0.1) is 11.4 Å². The van der Waals surface area contributed by atoms with Crippen LogP contribution in [0.3, 0.4) is 0 Å². The second kappa shape index (κ2) is 10.6. The van der Waals surface area contributed by atoms with Crippen molar-refractivity contribution in [1.29, 1.82) is 0 Å². The quantitative estimate of drug-likeness (QED) is 0.432. The number of phenols is 1. The van der Waals surface area contributed by atoms with Crippen LogP contribution in [0.25, 0.3) is 11.3 Å². The molecule has 3 aliphatic heterocycles. The summed E-state index contributed by atoms with van der Waals surface area (Å²) in [5.41, 5.74) is 9.60. The van der Waals surface area contributed by atoms with E-state index in [4.69, 9.17) is 10.5 Å². The average molecular weight is 517 g/mol. The van der Waals surface area contributed by atoms with E-state index in [1.165, 1.54) is 0 Å². The standard InChI is InChI=1S/C28H36N8O2/c1-19-16-30-10-11-34(19)12-13-38-27-14-20(8-9-31-27)36-21-6-7-22(36)18-35(17-21)25-15-24(32-33-28(25)29)23-4-2-3-5-26(23)37/h2-5,8-9,14-15,19,21-22,30,37H,6-7,10-13,16-18H2,1H3,(H2,29,33)/t19-,21?,22?/m1/s1. The van der Waals surface area contributed by atoms with E-state index in [1.54, 1.807) is 12.1 Å². The van der Waals surface area contributed by atoms with Crippen molar-refractivity contribution in [1.82, 2.24) is 25.4 Å². The molecule has 3 saturated heterocycles. The van der Waals surface area contributed by atoms with Crippen LogP contribution in [0.5, 0.6) is 11.6 Å². The van der Waals surface area contributed by atoms with Crippen molar-refractivity contribution in [2.45, 2.75) is 37.9 Å². The van der Waals surface area contributed by atoms with Crippen molar-refractivity contribution in [3.05, 3.63) is 48.7 Å². The van der Waals surface area contributed by atoms with E-state index < -0.39 is 0 Å². The Balaban J connectivity index is 1.14. The molecule has 38 heavy (non-hydrogen) atoms. The Bertz CT molecular complexity index is 1260. The maximum absolute atomic E-state index is 10.3. The van der Waals surface area contributed by atoms with E-state index in [0.717, 1.165) is 63.5 Å². The number of nitrogens with two attached hydrogens (primary N) is 1. The molecule has 3 fully saturated rings.